The van der Waals surface area contributed by atoms with Gasteiger partial charge in [-0.1, -0.05) is 30.3 Å². The Morgan fingerprint density at radius 1 is 1.07 bits per heavy atom. The minimum absolute atomic E-state index is 0.0454. The highest BCUT2D eigenvalue weighted by atomic mass is 16.3. The van der Waals surface area contributed by atoms with Crippen molar-refractivity contribution in [1.82, 2.24) is 20.2 Å². The lowest BCUT2D eigenvalue weighted by atomic mass is 9.84. The molecule has 2 amide bonds. The van der Waals surface area contributed by atoms with Crippen LogP contribution in [0.4, 0.5) is 10.7 Å². The molecule has 0 spiro atoms. The lowest BCUT2D eigenvalue weighted by molar-refractivity contribution is -0.0170. The summed E-state index contributed by atoms with van der Waals surface area (Å²) in [6.07, 6.45) is 6.55. The van der Waals surface area contributed by atoms with E-state index in [0.29, 0.717) is 31.9 Å². The molecule has 2 aromatic rings. The van der Waals surface area contributed by atoms with Gasteiger partial charge < -0.3 is 20.2 Å². The molecule has 4 rings (SSSR count). The fraction of sp³-hybridized carbons (Fsp3) is 0.476. The van der Waals surface area contributed by atoms with Gasteiger partial charge in [0.2, 0.25) is 5.95 Å². The average Bonchev–Trinajstić information content (AvgIpc) is 2.76. The molecule has 2 fully saturated rings. The molecule has 148 valence electrons. The van der Waals surface area contributed by atoms with Crippen LogP contribution in [0.5, 0.6) is 0 Å². The number of amides is 2. The minimum atomic E-state index is -0.843. The van der Waals surface area contributed by atoms with Gasteiger partial charge in [0.15, 0.2) is 0 Å². The zero-order valence-corrected chi connectivity index (χ0v) is 16.0. The molecule has 28 heavy (non-hydrogen) atoms. The Balaban J connectivity index is 1.31. The topological polar surface area (TPSA) is 81.6 Å². The number of anilines is 1. The number of likely N-dealkylation sites (tertiary alicyclic amines) is 1. The van der Waals surface area contributed by atoms with Gasteiger partial charge in [-0.25, -0.2) is 14.8 Å². The molecule has 0 aliphatic carbocycles. The standard InChI is InChI=1S/C21H27N5O2/c27-20(24-18-8-4-13-26(16-18)19-22-11-5-12-23-19)25-14-9-21(28,10-15-25)17-6-2-1-3-7-17/h1-3,5-7,11-12,18,28H,4,8-10,13-16H2,(H,24,27). The van der Waals surface area contributed by atoms with Crippen LogP contribution in [0.15, 0.2) is 48.8 Å². The molecule has 2 aliphatic rings. The van der Waals surface area contributed by atoms with Gasteiger partial charge in [0.25, 0.3) is 0 Å². The van der Waals surface area contributed by atoms with Crippen LogP contribution in [0, 0.1) is 0 Å². The van der Waals surface area contributed by atoms with E-state index >= 15 is 0 Å². The number of carbonyl (C=O) groups is 1. The van der Waals surface area contributed by atoms with Crippen LogP contribution in [-0.2, 0) is 5.60 Å². The van der Waals surface area contributed by atoms with Gasteiger partial charge in [-0.15, -0.1) is 0 Å². The molecule has 2 aliphatic heterocycles. The van der Waals surface area contributed by atoms with Crippen molar-refractivity contribution in [1.29, 1.82) is 0 Å². The number of aromatic nitrogens is 2. The van der Waals surface area contributed by atoms with E-state index in [4.69, 9.17) is 0 Å². The van der Waals surface area contributed by atoms with Crippen LogP contribution in [0.3, 0.4) is 0 Å². The van der Waals surface area contributed by atoms with E-state index in [2.05, 4.69) is 20.2 Å². The van der Waals surface area contributed by atoms with E-state index in [1.807, 2.05) is 35.2 Å². The molecule has 2 N–H and O–H groups in total. The fourth-order valence-corrected chi connectivity index (χ4v) is 4.11. The summed E-state index contributed by atoms with van der Waals surface area (Å²) in [5.41, 5.74) is 0.0884. The quantitative estimate of drug-likeness (QED) is 0.851. The van der Waals surface area contributed by atoms with E-state index in [0.717, 1.165) is 31.5 Å². The first-order chi connectivity index (χ1) is 13.6. The third-order valence-electron chi connectivity index (χ3n) is 5.77. The molecule has 1 atom stereocenters. The first-order valence-corrected chi connectivity index (χ1v) is 9.99. The van der Waals surface area contributed by atoms with E-state index in [1.54, 1.807) is 18.5 Å². The monoisotopic (exact) mass is 381 g/mol. The van der Waals surface area contributed by atoms with Crippen molar-refractivity contribution in [3.63, 3.8) is 0 Å². The maximum absolute atomic E-state index is 12.7. The van der Waals surface area contributed by atoms with Crippen molar-refractivity contribution < 1.29 is 9.90 Å². The smallest absolute Gasteiger partial charge is 0.317 e. The number of nitrogens with zero attached hydrogens (tertiary/aromatic N) is 4. The molecular weight excluding hydrogens is 354 g/mol. The number of piperidine rings is 2. The third-order valence-corrected chi connectivity index (χ3v) is 5.77. The number of rotatable bonds is 3. The van der Waals surface area contributed by atoms with Crippen LogP contribution < -0.4 is 10.2 Å². The molecule has 2 saturated heterocycles. The highest BCUT2D eigenvalue weighted by Crippen LogP contribution is 2.32. The molecule has 7 nitrogen and oxygen atoms in total. The van der Waals surface area contributed by atoms with E-state index in [1.165, 1.54) is 0 Å². The lowest BCUT2D eigenvalue weighted by Gasteiger charge is -2.40. The van der Waals surface area contributed by atoms with E-state index in [9.17, 15) is 9.90 Å². The van der Waals surface area contributed by atoms with E-state index < -0.39 is 5.60 Å². The van der Waals surface area contributed by atoms with Gasteiger partial charge in [-0.05, 0) is 37.3 Å². The summed E-state index contributed by atoms with van der Waals surface area (Å²) in [6.45, 7) is 2.73. The first-order valence-electron chi connectivity index (χ1n) is 9.99. The van der Waals surface area contributed by atoms with Crippen LogP contribution >= 0.6 is 0 Å². The summed E-state index contributed by atoms with van der Waals surface area (Å²) in [4.78, 5) is 25.3. The molecule has 3 heterocycles. The molecule has 1 aromatic carbocycles. The second-order valence-electron chi connectivity index (χ2n) is 7.67. The molecule has 0 saturated carbocycles. The van der Waals surface area contributed by atoms with Crippen molar-refractivity contribution in [2.24, 2.45) is 0 Å². The Morgan fingerprint density at radius 2 is 1.79 bits per heavy atom. The summed E-state index contributed by atoms with van der Waals surface area (Å²) in [5, 5.41) is 14.1. The Kier molecular flexibility index (Phi) is 5.43. The summed E-state index contributed by atoms with van der Waals surface area (Å²) >= 11 is 0. The lowest BCUT2D eigenvalue weighted by Crippen LogP contribution is -2.54. The second kappa shape index (κ2) is 8.14. The summed E-state index contributed by atoms with van der Waals surface area (Å²) < 4.78 is 0. The van der Waals surface area contributed by atoms with E-state index in [-0.39, 0.29) is 12.1 Å². The van der Waals surface area contributed by atoms with Crippen molar-refractivity contribution in [3.05, 3.63) is 54.4 Å². The zero-order valence-electron chi connectivity index (χ0n) is 16.0. The third kappa shape index (κ3) is 4.09. The van der Waals surface area contributed by atoms with Crippen LogP contribution in [0.2, 0.25) is 0 Å². The van der Waals surface area contributed by atoms with Gasteiger partial charge in [-0.3, -0.25) is 0 Å². The fourth-order valence-electron chi connectivity index (χ4n) is 4.11. The number of hydrogen-bond acceptors (Lipinski definition) is 5. The van der Waals surface area contributed by atoms with Crippen molar-refractivity contribution >= 4 is 12.0 Å². The summed E-state index contributed by atoms with van der Waals surface area (Å²) in [6, 6.07) is 11.6. The van der Waals surface area contributed by atoms with Crippen LogP contribution in [0.1, 0.15) is 31.2 Å². The summed E-state index contributed by atoms with van der Waals surface area (Å²) in [5.74, 6) is 0.715. The molecule has 1 aromatic heterocycles. The highest BCUT2D eigenvalue weighted by Gasteiger charge is 2.36. The van der Waals surface area contributed by atoms with Gasteiger partial charge in [0.05, 0.1) is 5.60 Å². The van der Waals surface area contributed by atoms with Gasteiger partial charge in [-0.2, -0.15) is 0 Å². The Morgan fingerprint density at radius 3 is 2.50 bits per heavy atom. The Hall–Kier alpha value is -2.67. The number of aliphatic hydroxyl groups is 1. The van der Waals surface area contributed by atoms with Crippen molar-refractivity contribution in [2.75, 3.05) is 31.1 Å². The number of urea groups is 1. The Labute approximate surface area is 165 Å². The maximum atomic E-state index is 12.7. The van der Waals surface area contributed by atoms with Crippen LogP contribution in [0.25, 0.3) is 0 Å². The predicted octanol–water partition coefficient (Wildman–Crippen LogP) is 2.14. The number of benzene rings is 1. The second-order valence-corrected chi connectivity index (χ2v) is 7.67. The molecule has 1 unspecified atom stereocenters. The first kappa shape index (κ1) is 18.7. The largest absolute Gasteiger partial charge is 0.385 e. The molecular formula is C21H27N5O2. The number of hydrogen-bond donors (Lipinski definition) is 2. The summed E-state index contributed by atoms with van der Waals surface area (Å²) in [7, 11) is 0. The van der Waals surface area contributed by atoms with Gasteiger partial charge >= 0.3 is 6.03 Å². The van der Waals surface area contributed by atoms with Gasteiger partial charge in [0.1, 0.15) is 0 Å². The Bertz CT molecular complexity index is 778. The minimum Gasteiger partial charge on any atom is -0.385 e. The zero-order chi connectivity index (χ0) is 19.4. The van der Waals surface area contributed by atoms with Crippen molar-refractivity contribution in [3.8, 4) is 0 Å². The molecule has 7 heteroatoms. The van der Waals surface area contributed by atoms with Crippen molar-refractivity contribution in [2.45, 2.75) is 37.3 Å². The van der Waals surface area contributed by atoms with Crippen LogP contribution in [-0.4, -0.2) is 58.2 Å². The number of carbonyl (C=O) groups excluding carboxylic acids is 1. The highest BCUT2D eigenvalue weighted by molar-refractivity contribution is 5.74. The maximum Gasteiger partial charge on any atom is 0.317 e. The van der Waals surface area contributed by atoms with Gasteiger partial charge in [0, 0.05) is 44.6 Å². The normalized spacial score (nSPS) is 22.0. The average molecular weight is 381 g/mol. The SMILES string of the molecule is O=C(NC1CCCN(c2ncccn2)C1)N1CCC(O)(c2ccccc2)CC1. The molecule has 0 bridgehead atoms. The predicted molar refractivity (Wildman–Crippen MR) is 107 cm³/mol. The number of nitrogens with one attached hydrogen (secondary N) is 1. The molecule has 0 radical (unpaired) electrons.